The Labute approximate surface area is 195 Å². The van der Waals surface area contributed by atoms with Gasteiger partial charge in [0.1, 0.15) is 0 Å². The van der Waals surface area contributed by atoms with Gasteiger partial charge in [-0.1, -0.05) is 20.8 Å². The van der Waals surface area contributed by atoms with Crippen LogP contribution in [0.25, 0.3) is 0 Å². The van der Waals surface area contributed by atoms with Crippen LogP contribution in [0.2, 0.25) is 0 Å². The molecule has 2 rings (SSSR count). The first-order chi connectivity index (χ1) is 15.1. The SMILES string of the molecule is CC(=O)N[C@@H]1CCN(c2ccc(NC(NC(=O)O)(N(C(=O)O)C(C)(C)C)C(C)(C)C)cc2)C1. The van der Waals surface area contributed by atoms with E-state index in [0.29, 0.717) is 12.2 Å². The Morgan fingerprint density at radius 2 is 1.61 bits per heavy atom. The minimum absolute atomic E-state index is 0.0484. The summed E-state index contributed by atoms with van der Waals surface area (Å²) < 4.78 is 0. The molecular weight excluding hydrogens is 426 g/mol. The molecule has 0 aromatic heterocycles. The molecule has 0 aliphatic carbocycles. The second kappa shape index (κ2) is 9.36. The molecule has 1 aromatic carbocycles. The summed E-state index contributed by atoms with van der Waals surface area (Å²) in [6.07, 6.45) is -1.74. The molecule has 5 N–H and O–H groups in total. The lowest BCUT2D eigenvalue weighted by Crippen LogP contribution is -2.76. The van der Waals surface area contributed by atoms with Gasteiger partial charge in [-0.15, -0.1) is 0 Å². The normalized spacial score (nSPS) is 18.3. The van der Waals surface area contributed by atoms with Crippen LogP contribution in [0.1, 0.15) is 54.9 Å². The molecule has 0 radical (unpaired) electrons. The molecule has 1 unspecified atom stereocenters. The fourth-order valence-electron chi connectivity index (χ4n) is 4.31. The molecule has 10 heteroatoms. The molecule has 1 aliphatic heterocycles. The van der Waals surface area contributed by atoms with Crippen LogP contribution in [0.15, 0.2) is 24.3 Å². The standard InChI is InChI=1S/C23H37N5O5/c1-15(29)24-17-12-13-27(14-17)18-10-8-16(9-11-18)25-23(21(2,3)4,26-19(30)31)28(20(32)33)22(5,6)7/h8-11,17,25-26H,12-14H2,1-7H3,(H,24,29)(H,30,31)(H,32,33)/t17-,23?/m1/s1. The molecular formula is C23H37N5O5. The lowest BCUT2D eigenvalue weighted by atomic mass is 9.82. The van der Waals surface area contributed by atoms with Crippen molar-refractivity contribution in [3.8, 4) is 0 Å². The summed E-state index contributed by atoms with van der Waals surface area (Å²) >= 11 is 0. The van der Waals surface area contributed by atoms with Gasteiger partial charge >= 0.3 is 12.2 Å². The van der Waals surface area contributed by atoms with Gasteiger partial charge < -0.3 is 25.7 Å². The number of nitrogens with one attached hydrogen (secondary N) is 3. The zero-order chi connectivity index (χ0) is 25.2. The second-order valence-electron chi connectivity index (χ2n) is 10.5. The van der Waals surface area contributed by atoms with Crippen molar-refractivity contribution in [1.29, 1.82) is 0 Å². The molecule has 1 aliphatic rings. The van der Waals surface area contributed by atoms with E-state index in [0.717, 1.165) is 23.6 Å². The minimum Gasteiger partial charge on any atom is -0.465 e. The molecule has 0 bridgehead atoms. The number of carbonyl (C=O) groups excluding carboxylic acids is 1. The molecule has 3 amide bonds. The number of rotatable bonds is 6. The van der Waals surface area contributed by atoms with Crippen LogP contribution < -0.4 is 20.9 Å². The van der Waals surface area contributed by atoms with E-state index in [1.54, 1.807) is 53.7 Å². The van der Waals surface area contributed by atoms with Crippen LogP contribution in [-0.4, -0.2) is 63.7 Å². The maximum absolute atomic E-state index is 12.4. The summed E-state index contributed by atoms with van der Waals surface area (Å²) in [6.45, 7) is 13.5. The van der Waals surface area contributed by atoms with Gasteiger partial charge in [-0.3, -0.25) is 15.0 Å². The third-order valence-corrected chi connectivity index (χ3v) is 5.72. The Kier molecular flexibility index (Phi) is 7.40. The first kappa shape index (κ1) is 26.1. The van der Waals surface area contributed by atoms with Crippen molar-refractivity contribution >= 4 is 29.5 Å². The van der Waals surface area contributed by atoms with E-state index in [4.69, 9.17) is 0 Å². The van der Waals surface area contributed by atoms with Crippen molar-refractivity contribution in [1.82, 2.24) is 15.5 Å². The predicted molar refractivity (Wildman–Crippen MR) is 127 cm³/mol. The van der Waals surface area contributed by atoms with Crippen molar-refractivity contribution in [3.63, 3.8) is 0 Å². The number of carboxylic acid groups (broad SMARTS) is 2. The van der Waals surface area contributed by atoms with E-state index >= 15 is 0 Å². The molecule has 0 saturated carbocycles. The zero-order valence-electron chi connectivity index (χ0n) is 20.5. The van der Waals surface area contributed by atoms with Crippen LogP contribution >= 0.6 is 0 Å². The first-order valence-electron chi connectivity index (χ1n) is 11.0. The number of benzene rings is 1. The number of amides is 3. The number of carbonyl (C=O) groups is 3. The summed E-state index contributed by atoms with van der Waals surface area (Å²) in [5.74, 6) is -1.71. The highest BCUT2D eigenvalue weighted by atomic mass is 16.4. The van der Waals surface area contributed by atoms with E-state index in [-0.39, 0.29) is 11.9 Å². The van der Waals surface area contributed by atoms with E-state index in [9.17, 15) is 24.6 Å². The van der Waals surface area contributed by atoms with Crippen LogP contribution in [-0.2, 0) is 4.79 Å². The lowest BCUT2D eigenvalue weighted by molar-refractivity contribution is -0.119. The third-order valence-electron chi connectivity index (χ3n) is 5.72. The summed E-state index contributed by atoms with van der Waals surface area (Å²) in [6, 6.07) is 7.50. The fraction of sp³-hybridized carbons (Fsp3) is 0.609. The molecule has 1 heterocycles. The van der Waals surface area contributed by atoms with Crippen molar-refractivity contribution in [2.45, 2.75) is 72.3 Å². The largest absolute Gasteiger partial charge is 0.465 e. The average molecular weight is 464 g/mol. The predicted octanol–water partition coefficient (Wildman–Crippen LogP) is 3.56. The minimum atomic E-state index is -1.66. The Morgan fingerprint density at radius 3 is 2.03 bits per heavy atom. The molecule has 2 atom stereocenters. The lowest BCUT2D eigenvalue weighted by Gasteiger charge is -2.55. The van der Waals surface area contributed by atoms with E-state index in [1.807, 2.05) is 12.1 Å². The fourth-order valence-corrected chi connectivity index (χ4v) is 4.31. The summed E-state index contributed by atoms with van der Waals surface area (Å²) in [5, 5.41) is 28.3. The van der Waals surface area contributed by atoms with Gasteiger partial charge in [-0.05, 0) is 51.5 Å². The number of hydrogen-bond donors (Lipinski definition) is 5. The Morgan fingerprint density at radius 1 is 1.03 bits per heavy atom. The average Bonchev–Trinajstić information content (AvgIpc) is 3.06. The topological polar surface area (TPSA) is 134 Å². The highest BCUT2D eigenvalue weighted by molar-refractivity contribution is 5.74. The molecule has 184 valence electrons. The van der Waals surface area contributed by atoms with Gasteiger partial charge in [0.25, 0.3) is 0 Å². The van der Waals surface area contributed by atoms with Gasteiger partial charge in [0.2, 0.25) is 11.7 Å². The van der Waals surface area contributed by atoms with Crippen LogP contribution in [0.5, 0.6) is 0 Å². The summed E-state index contributed by atoms with van der Waals surface area (Å²) in [5.41, 5.74) is -0.249. The van der Waals surface area contributed by atoms with E-state index in [2.05, 4.69) is 20.9 Å². The third kappa shape index (κ3) is 6.00. The number of anilines is 2. The Bertz CT molecular complexity index is 875. The maximum atomic E-state index is 12.4. The molecule has 33 heavy (non-hydrogen) atoms. The highest BCUT2D eigenvalue weighted by Gasteiger charge is 2.54. The highest BCUT2D eigenvalue weighted by Crippen LogP contribution is 2.39. The van der Waals surface area contributed by atoms with Crippen molar-refractivity contribution in [2.75, 3.05) is 23.3 Å². The molecule has 0 spiro atoms. The van der Waals surface area contributed by atoms with Gasteiger partial charge in [0.05, 0.1) is 0 Å². The number of nitrogens with zero attached hydrogens (tertiary/aromatic N) is 2. The second-order valence-corrected chi connectivity index (χ2v) is 10.5. The molecule has 1 aromatic rings. The monoisotopic (exact) mass is 463 g/mol. The Hall–Kier alpha value is -3.17. The maximum Gasteiger partial charge on any atom is 0.411 e. The quantitative estimate of drug-likeness (QED) is 0.407. The van der Waals surface area contributed by atoms with Crippen molar-refractivity contribution in [3.05, 3.63) is 24.3 Å². The number of hydrogen-bond acceptors (Lipinski definition) is 5. The molecule has 1 fully saturated rings. The first-order valence-corrected chi connectivity index (χ1v) is 11.0. The van der Waals surface area contributed by atoms with Gasteiger partial charge in [-0.25, -0.2) is 9.59 Å². The Balaban J connectivity index is 2.39. The van der Waals surface area contributed by atoms with Crippen molar-refractivity contribution < 1.29 is 24.6 Å². The molecule has 1 saturated heterocycles. The smallest absolute Gasteiger partial charge is 0.411 e. The van der Waals surface area contributed by atoms with E-state index < -0.39 is 28.9 Å². The summed E-state index contributed by atoms with van der Waals surface area (Å²) in [7, 11) is 0. The van der Waals surface area contributed by atoms with E-state index in [1.165, 1.54) is 6.92 Å². The van der Waals surface area contributed by atoms with Gasteiger partial charge in [0, 0.05) is 48.4 Å². The summed E-state index contributed by atoms with van der Waals surface area (Å²) in [4.78, 5) is 38.8. The van der Waals surface area contributed by atoms with Crippen LogP contribution in [0, 0.1) is 5.41 Å². The molecule has 10 nitrogen and oxygen atoms in total. The van der Waals surface area contributed by atoms with Crippen molar-refractivity contribution in [2.24, 2.45) is 5.41 Å². The van der Waals surface area contributed by atoms with Crippen LogP contribution in [0.4, 0.5) is 21.0 Å². The van der Waals surface area contributed by atoms with Crippen LogP contribution in [0.3, 0.4) is 0 Å². The van der Waals surface area contributed by atoms with Gasteiger partial charge in [-0.2, -0.15) is 0 Å². The zero-order valence-corrected chi connectivity index (χ0v) is 20.5. The van der Waals surface area contributed by atoms with Gasteiger partial charge in [0.15, 0.2) is 0 Å².